The maximum atomic E-state index is 10.5. The Balaban J connectivity index is 1.70. The van der Waals surface area contributed by atoms with E-state index in [1.165, 1.54) is 0 Å². The zero-order valence-electron chi connectivity index (χ0n) is 11.3. The molecule has 4 heteroatoms. The van der Waals surface area contributed by atoms with Crippen molar-refractivity contribution in [1.29, 1.82) is 0 Å². The Morgan fingerprint density at radius 1 is 1.10 bits per heavy atom. The normalized spacial score (nSPS) is 15.7. The van der Waals surface area contributed by atoms with Crippen LogP contribution in [0.2, 0.25) is 0 Å². The molecule has 1 heterocycles. The van der Waals surface area contributed by atoms with Crippen LogP contribution in [-0.4, -0.2) is 18.4 Å². The summed E-state index contributed by atoms with van der Waals surface area (Å²) in [5.41, 5.74) is 0.844. The first-order chi connectivity index (χ1) is 9.65. The van der Waals surface area contributed by atoms with Crippen molar-refractivity contribution in [3.8, 4) is 11.5 Å². The second kappa shape index (κ2) is 5.06. The van der Waals surface area contributed by atoms with E-state index in [4.69, 9.17) is 9.47 Å². The highest BCUT2D eigenvalue weighted by Gasteiger charge is 2.22. The highest BCUT2D eigenvalue weighted by molar-refractivity contribution is 5.55. The second-order valence-electron chi connectivity index (χ2n) is 5.06. The van der Waals surface area contributed by atoms with Crippen molar-refractivity contribution in [2.45, 2.75) is 12.5 Å². The lowest BCUT2D eigenvalue weighted by Gasteiger charge is -2.24. The maximum Gasteiger partial charge on any atom is 0.231 e. The van der Waals surface area contributed by atoms with Crippen molar-refractivity contribution in [3.05, 3.63) is 54.1 Å². The van der Waals surface area contributed by atoms with E-state index in [2.05, 4.69) is 5.32 Å². The molecule has 1 aliphatic rings. The summed E-state index contributed by atoms with van der Waals surface area (Å²) >= 11 is 0. The number of benzene rings is 2. The summed E-state index contributed by atoms with van der Waals surface area (Å²) in [5.74, 6) is 1.49. The molecule has 2 aromatic carbocycles. The molecular weight excluding hydrogens is 254 g/mol. The van der Waals surface area contributed by atoms with Crippen molar-refractivity contribution >= 4 is 5.69 Å². The van der Waals surface area contributed by atoms with Crippen LogP contribution in [0.3, 0.4) is 0 Å². The van der Waals surface area contributed by atoms with Gasteiger partial charge in [-0.25, -0.2) is 0 Å². The van der Waals surface area contributed by atoms with Crippen LogP contribution >= 0.6 is 0 Å². The summed E-state index contributed by atoms with van der Waals surface area (Å²) in [6.45, 7) is 2.47. The number of fused-ring (bicyclic) bond motifs is 1. The molecule has 0 radical (unpaired) electrons. The summed E-state index contributed by atoms with van der Waals surface area (Å²) in [6.07, 6.45) is 0. The van der Waals surface area contributed by atoms with Crippen molar-refractivity contribution < 1.29 is 14.6 Å². The Kier molecular flexibility index (Phi) is 3.24. The Bertz CT molecular complexity index is 596. The topological polar surface area (TPSA) is 50.7 Å². The summed E-state index contributed by atoms with van der Waals surface area (Å²) in [6, 6.07) is 15.3. The second-order valence-corrected chi connectivity index (χ2v) is 5.06. The third-order valence-electron chi connectivity index (χ3n) is 3.40. The largest absolute Gasteiger partial charge is 0.454 e. The quantitative estimate of drug-likeness (QED) is 0.897. The third-order valence-corrected chi connectivity index (χ3v) is 3.40. The standard InChI is InChI=1S/C16H17NO3/c1-16(18,12-5-3-2-4-6-12)10-17-13-7-8-14-15(9-13)20-11-19-14/h2-9,17-18H,10-11H2,1H3. The summed E-state index contributed by atoms with van der Waals surface area (Å²) < 4.78 is 10.6. The van der Waals surface area contributed by atoms with Crippen molar-refractivity contribution in [3.63, 3.8) is 0 Å². The zero-order valence-corrected chi connectivity index (χ0v) is 11.3. The predicted octanol–water partition coefficient (Wildman–Crippen LogP) is 2.73. The van der Waals surface area contributed by atoms with Crippen LogP contribution in [0.15, 0.2) is 48.5 Å². The van der Waals surface area contributed by atoms with Crippen LogP contribution in [0.1, 0.15) is 12.5 Å². The first-order valence-corrected chi connectivity index (χ1v) is 6.57. The molecule has 0 aromatic heterocycles. The molecule has 0 bridgehead atoms. The van der Waals surface area contributed by atoms with Gasteiger partial charge in [0.1, 0.15) is 5.60 Å². The van der Waals surface area contributed by atoms with Gasteiger partial charge in [-0.3, -0.25) is 0 Å². The molecule has 0 aliphatic carbocycles. The Morgan fingerprint density at radius 2 is 1.85 bits per heavy atom. The number of nitrogens with one attached hydrogen (secondary N) is 1. The molecule has 2 N–H and O–H groups in total. The molecule has 0 amide bonds. The number of anilines is 1. The minimum atomic E-state index is -0.933. The van der Waals surface area contributed by atoms with E-state index in [1.54, 1.807) is 6.92 Å². The van der Waals surface area contributed by atoms with Crippen LogP contribution < -0.4 is 14.8 Å². The van der Waals surface area contributed by atoms with Gasteiger partial charge in [-0.15, -0.1) is 0 Å². The average Bonchev–Trinajstić information content (AvgIpc) is 2.94. The van der Waals surface area contributed by atoms with E-state index >= 15 is 0 Å². The smallest absolute Gasteiger partial charge is 0.231 e. The predicted molar refractivity (Wildman–Crippen MR) is 77.1 cm³/mol. The summed E-state index contributed by atoms with van der Waals surface area (Å²) in [4.78, 5) is 0. The Labute approximate surface area is 118 Å². The van der Waals surface area contributed by atoms with Crippen LogP contribution in [0.5, 0.6) is 11.5 Å². The fraction of sp³-hybridized carbons (Fsp3) is 0.250. The number of hydrogen-bond acceptors (Lipinski definition) is 4. The molecule has 2 aromatic rings. The van der Waals surface area contributed by atoms with Gasteiger partial charge in [0.2, 0.25) is 6.79 Å². The van der Waals surface area contributed by atoms with Gasteiger partial charge in [0.25, 0.3) is 0 Å². The molecule has 4 nitrogen and oxygen atoms in total. The van der Waals surface area contributed by atoms with Crippen LogP contribution in [0, 0.1) is 0 Å². The van der Waals surface area contributed by atoms with Crippen LogP contribution in [0.4, 0.5) is 5.69 Å². The van der Waals surface area contributed by atoms with Gasteiger partial charge in [-0.1, -0.05) is 30.3 Å². The lowest BCUT2D eigenvalue weighted by molar-refractivity contribution is 0.0715. The fourth-order valence-corrected chi connectivity index (χ4v) is 2.18. The molecule has 1 aliphatic heterocycles. The molecule has 0 saturated heterocycles. The van der Waals surface area contributed by atoms with Gasteiger partial charge in [-0.2, -0.15) is 0 Å². The van der Waals surface area contributed by atoms with E-state index in [0.29, 0.717) is 6.54 Å². The molecule has 104 valence electrons. The molecule has 0 spiro atoms. The van der Waals surface area contributed by atoms with E-state index in [9.17, 15) is 5.11 Å². The fourth-order valence-electron chi connectivity index (χ4n) is 2.18. The highest BCUT2D eigenvalue weighted by atomic mass is 16.7. The summed E-state index contributed by atoms with van der Waals surface area (Å²) in [7, 11) is 0. The van der Waals surface area contributed by atoms with Crippen molar-refractivity contribution in [2.24, 2.45) is 0 Å². The van der Waals surface area contributed by atoms with Gasteiger partial charge in [0.05, 0.1) is 0 Å². The highest BCUT2D eigenvalue weighted by Crippen LogP contribution is 2.34. The maximum absolute atomic E-state index is 10.5. The van der Waals surface area contributed by atoms with Gasteiger partial charge >= 0.3 is 0 Å². The SMILES string of the molecule is CC(O)(CNc1ccc2c(c1)OCO2)c1ccccc1. The molecule has 1 unspecified atom stereocenters. The lowest BCUT2D eigenvalue weighted by atomic mass is 9.96. The molecular formula is C16H17NO3. The zero-order chi connectivity index (χ0) is 14.0. The average molecular weight is 271 g/mol. The first-order valence-electron chi connectivity index (χ1n) is 6.57. The number of ether oxygens (including phenoxy) is 2. The van der Waals surface area contributed by atoms with Crippen molar-refractivity contribution in [1.82, 2.24) is 0 Å². The molecule has 1 atom stereocenters. The summed E-state index contributed by atoms with van der Waals surface area (Å²) in [5, 5.41) is 13.7. The molecule has 0 fully saturated rings. The van der Waals surface area contributed by atoms with E-state index in [-0.39, 0.29) is 6.79 Å². The van der Waals surface area contributed by atoms with E-state index < -0.39 is 5.60 Å². The van der Waals surface area contributed by atoms with Gasteiger partial charge in [0.15, 0.2) is 11.5 Å². The van der Waals surface area contributed by atoms with Gasteiger partial charge in [-0.05, 0) is 24.6 Å². The van der Waals surface area contributed by atoms with Gasteiger partial charge < -0.3 is 19.9 Å². The van der Waals surface area contributed by atoms with E-state index in [1.807, 2.05) is 48.5 Å². The number of aliphatic hydroxyl groups is 1. The number of rotatable bonds is 4. The lowest BCUT2D eigenvalue weighted by Crippen LogP contribution is -2.30. The minimum absolute atomic E-state index is 0.264. The minimum Gasteiger partial charge on any atom is -0.454 e. The monoisotopic (exact) mass is 271 g/mol. The molecule has 3 rings (SSSR count). The van der Waals surface area contributed by atoms with Gasteiger partial charge in [0, 0.05) is 18.3 Å². The third kappa shape index (κ3) is 2.56. The van der Waals surface area contributed by atoms with Crippen LogP contribution in [-0.2, 0) is 5.60 Å². The molecule has 0 saturated carbocycles. The van der Waals surface area contributed by atoms with Crippen molar-refractivity contribution in [2.75, 3.05) is 18.7 Å². The van der Waals surface area contributed by atoms with E-state index in [0.717, 1.165) is 22.7 Å². The number of hydrogen-bond donors (Lipinski definition) is 2. The first kappa shape index (κ1) is 12.8. The molecule has 20 heavy (non-hydrogen) atoms. The van der Waals surface area contributed by atoms with Crippen LogP contribution in [0.25, 0.3) is 0 Å². The Morgan fingerprint density at radius 3 is 2.65 bits per heavy atom. The Hall–Kier alpha value is -2.20.